The summed E-state index contributed by atoms with van der Waals surface area (Å²) in [7, 11) is 0. The normalized spacial score (nSPS) is 10.8. The molecule has 0 spiro atoms. The van der Waals surface area contributed by atoms with Gasteiger partial charge in [0.1, 0.15) is 17.2 Å². The Kier molecular flexibility index (Phi) is 2.49. The topological polar surface area (TPSA) is 80.9 Å². The number of aromatic carboxylic acids is 1. The Labute approximate surface area is 108 Å². The van der Waals surface area contributed by atoms with Crippen molar-refractivity contribution in [2.45, 2.75) is 6.92 Å². The minimum absolute atomic E-state index is 0.160. The van der Waals surface area contributed by atoms with Crippen LogP contribution in [0.25, 0.3) is 16.9 Å². The van der Waals surface area contributed by atoms with Gasteiger partial charge in [0.05, 0.1) is 17.3 Å². The molecule has 0 aliphatic rings. The number of carbonyl (C=O) groups is 1. The van der Waals surface area contributed by atoms with E-state index >= 15 is 0 Å². The molecule has 0 aliphatic heterocycles. The van der Waals surface area contributed by atoms with Crippen LogP contribution in [0, 0.1) is 6.92 Å². The van der Waals surface area contributed by atoms with Crippen LogP contribution >= 0.6 is 0 Å². The van der Waals surface area contributed by atoms with Gasteiger partial charge in [0.2, 0.25) is 0 Å². The molecule has 0 aromatic carbocycles. The number of pyridine rings is 2. The fourth-order valence-electron chi connectivity index (χ4n) is 1.99. The molecule has 0 atom stereocenters. The Morgan fingerprint density at radius 2 is 2.11 bits per heavy atom. The molecular weight excluding hydrogens is 244 g/mol. The van der Waals surface area contributed by atoms with Gasteiger partial charge >= 0.3 is 5.97 Å². The summed E-state index contributed by atoms with van der Waals surface area (Å²) in [5.74, 6) is 0.422. The molecule has 0 saturated carbocycles. The number of rotatable bonds is 2. The second-order valence-corrected chi connectivity index (χ2v) is 4.07. The van der Waals surface area contributed by atoms with Crippen molar-refractivity contribution in [3.63, 3.8) is 0 Å². The first-order valence-electron chi connectivity index (χ1n) is 5.65. The average Bonchev–Trinajstić information content (AvgIpc) is 2.74. The van der Waals surface area contributed by atoms with Crippen LogP contribution in [0.15, 0.2) is 36.8 Å². The summed E-state index contributed by atoms with van der Waals surface area (Å²) < 4.78 is 1.86. The van der Waals surface area contributed by atoms with Crippen LogP contribution < -0.4 is 0 Å². The zero-order valence-corrected chi connectivity index (χ0v) is 10.1. The molecule has 6 heteroatoms. The van der Waals surface area contributed by atoms with Gasteiger partial charge < -0.3 is 5.11 Å². The van der Waals surface area contributed by atoms with Crippen LogP contribution in [0.2, 0.25) is 0 Å². The zero-order chi connectivity index (χ0) is 13.4. The van der Waals surface area contributed by atoms with Crippen LogP contribution in [-0.4, -0.2) is 30.6 Å². The quantitative estimate of drug-likeness (QED) is 0.754. The van der Waals surface area contributed by atoms with Crippen LogP contribution in [-0.2, 0) is 0 Å². The third-order valence-electron chi connectivity index (χ3n) is 2.85. The van der Waals surface area contributed by atoms with Gasteiger partial charge in [-0.2, -0.15) is 0 Å². The molecule has 0 saturated heterocycles. The maximum absolute atomic E-state index is 10.8. The average molecular weight is 254 g/mol. The standard InChI is InChI=1S/C13H10N4O2/c1-8-16-10-7-14-5-4-11(10)17(8)12-3-2-9(6-15-12)13(18)19/h2-7H,1H3,(H,18,19). The predicted octanol–water partition coefficient (Wildman–Crippen LogP) is 1.82. The Morgan fingerprint density at radius 1 is 1.26 bits per heavy atom. The third-order valence-corrected chi connectivity index (χ3v) is 2.85. The number of aryl methyl sites for hydroxylation is 1. The Morgan fingerprint density at radius 3 is 2.79 bits per heavy atom. The van der Waals surface area contributed by atoms with Gasteiger partial charge in [0.15, 0.2) is 0 Å². The van der Waals surface area contributed by atoms with Gasteiger partial charge in [-0.1, -0.05) is 0 Å². The number of nitrogens with zero attached hydrogens (tertiary/aromatic N) is 4. The van der Waals surface area contributed by atoms with E-state index in [1.807, 2.05) is 17.6 Å². The van der Waals surface area contributed by atoms with Gasteiger partial charge in [-0.15, -0.1) is 0 Å². The Bertz CT molecular complexity index is 762. The van der Waals surface area contributed by atoms with Crippen molar-refractivity contribution in [1.82, 2.24) is 19.5 Å². The molecule has 94 valence electrons. The minimum Gasteiger partial charge on any atom is -0.478 e. The highest BCUT2D eigenvalue weighted by Gasteiger charge is 2.10. The van der Waals surface area contributed by atoms with Gasteiger partial charge in [-0.3, -0.25) is 9.55 Å². The van der Waals surface area contributed by atoms with E-state index in [1.165, 1.54) is 12.3 Å². The minimum atomic E-state index is -0.990. The summed E-state index contributed by atoms with van der Waals surface area (Å²) in [6.07, 6.45) is 4.71. The summed E-state index contributed by atoms with van der Waals surface area (Å²) in [5.41, 5.74) is 1.83. The van der Waals surface area contributed by atoms with Crippen molar-refractivity contribution in [3.05, 3.63) is 48.2 Å². The maximum Gasteiger partial charge on any atom is 0.337 e. The van der Waals surface area contributed by atoms with E-state index in [0.717, 1.165) is 16.9 Å². The largest absolute Gasteiger partial charge is 0.478 e. The highest BCUT2D eigenvalue weighted by Crippen LogP contribution is 2.18. The predicted molar refractivity (Wildman–Crippen MR) is 68.4 cm³/mol. The molecule has 0 bridgehead atoms. The van der Waals surface area contributed by atoms with Gasteiger partial charge in [0.25, 0.3) is 0 Å². The first-order chi connectivity index (χ1) is 9.16. The van der Waals surface area contributed by atoms with Crippen molar-refractivity contribution >= 4 is 17.0 Å². The second-order valence-electron chi connectivity index (χ2n) is 4.07. The van der Waals surface area contributed by atoms with E-state index < -0.39 is 5.97 Å². The van der Waals surface area contributed by atoms with E-state index in [9.17, 15) is 4.79 Å². The lowest BCUT2D eigenvalue weighted by atomic mass is 10.3. The third kappa shape index (κ3) is 1.83. The number of imidazole rings is 1. The number of aromatic nitrogens is 4. The number of carboxylic acids is 1. The molecule has 0 radical (unpaired) electrons. The highest BCUT2D eigenvalue weighted by atomic mass is 16.4. The highest BCUT2D eigenvalue weighted by molar-refractivity contribution is 5.87. The molecular formula is C13H10N4O2. The molecule has 3 aromatic heterocycles. The lowest BCUT2D eigenvalue weighted by Gasteiger charge is -2.05. The molecule has 3 heterocycles. The molecule has 19 heavy (non-hydrogen) atoms. The number of fused-ring (bicyclic) bond motifs is 1. The van der Waals surface area contributed by atoms with E-state index in [-0.39, 0.29) is 5.56 Å². The smallest absolute Gasteiger partial charge is 0.337 e. The molecule has 1 N–H and O–H groups in total. The lowest BCUT2D eigenvalue weighted by molar-refractivity contribution is 0.0696. The van der Waals surface area contributed by atoms with Crippen LogP contribution in [0.5, 0.6) is 0 Å². The molecule has 0 amide bonds. The number of hydrogen-bond donors (Lipinski definition) is 1. The molecule has 3 aromatic rings. The van der Waals surface area contributed by atoms with Gasteiger partial charge in [0, 0.05) is 12.4 Å². The van der Waals surface area contributed by atoms with Gasteiger partial charge in [-0.25, -0.2) is 14.8 Å². The Balaban J connectivity index is 2.18. The fraction of sp³-hybridized carbons (Fsp3) is 0.0769. The molecule has 3 rings (SSSR count). The number of hydrogen-bond acceptors (Lipinski definition) is 4. The molecule has 6 nitrogen and oxygen atoms in total. The summed E-state index contributed by atoms with van der Waals surface area (Å²) >= 11 is 0. The van der Waals surface area contributed by atoms with Gasteiger partial charge in [-0.05, 0) is 25.1 Å². The Hall–Kier alpha value is -2.76. The second kappa shape index (κ2) is 4.16. The van der Waals surface area contributed by atoms with E-state index in [1.54, 1.807) is 18.5 Å². The SMILES string of the molecule is Cc1nc2cnccc2n1-c1ccc(C(=O)O)cn1. The molecule has 0 fully saturated rings. The fourth-order valence-corrected chi connectivity index (χ4v) is 1.99. The van der Waals surface area contributed by atoms with E-state index in [0.29, 0.717) is 5.82 Å². The summed E-state index contributed by atoms with van der Waals surface area (Å²) in [4.78, 5) is 23.4. The summed E-state index contributed by atoms with van der Waals surface area (Å²) in [6.45, 7) is 1.87. The monoisotopic (exact) mass is 254 g/mol. The summed E-state index contributed by atoms with van der Waals surface area (Å²) in [5, 5.41) is 8.87. The molecule has 0 unspecified atom stereocenters. The van der Waals surface area contributed by atoms with Crippen molar-refractivity contribution in [2.24, 2.45) is 0 Å². The van der Waals surface area contributed by atoms with Crippen molar-refractivity contribution in [2.75, 3.05) is 0 Å². The number of carboxylic acid groups (broad SMARTS) is 1. The van der Waals surface area contributed by atoms with E-state index in [4.69, 9.17) is 5.11 Å². The summed E-state index contributed by atoms with van der Waals surface area (Å²) in [6, 6.07) is 5.04. The first-order valence-corrected chi connectivity index (χ1v) is 5.65. The van der Waals surface area contributed by atoms with Crippen molar-refractivity contribution < 1.29 is 9.90 Å². The van der Waals surface area contributed by atoms with Crippen LogP contribution in [0.1, 0.15) is 16.2 Å². The van der Waals surface area contributed by atoms with Crippen molar-refractivity contribution in [1.29, 1.82) is 0 Å². The van der Waals surface area contributed by atoms with Crippen LogP contribution in [0.3, 0.4) is 0 Å². The molecule has 0 aliphatic carbocycles. The van der Waals surface area contributed by atoms with Crippen LogP contribution in [0.4, 0.5) is 0 Å². The lowest BCUT2D eigenvalue weighted by Crippen LogP contribution is -2.02. The zero-order valence-electron chi connectivity index (χ0n) is 10.1. The van der Waals surface area contributed by atoms with E-state index in [2.05, 4.69) is 15.0 Å². The van der Waals surface area contributed by atoms with Crippen molar-refractivity contribution in [3.8, 4) is 5.82 Å². The first kappa shape index (κ1) is 11.3. The maximum atomic E-state index is 10.8.